The highest BCUT2D eigenvalue weighted by molar-refractivity contribution is 5.90. The lowest BCUT2D eigenvalue weighted by molar-refractivity contribution is -0.155. The number of hydrogen-bond donors (Lipinski definition) is 0. The van der Waals surface area contributed by atoms with E-state index < -0.39 is 12.1 Å². The van der Waals surface area contributed by atoms with Crippen molar-refractivity contribution in [3.63, 3.8) is 0 Å². The van der Waals surface area contributed by atoms with E-state index in [1.54, 1.807) is 17.9 Å². The number of aryl methyl sites for hydroxylation is 1. The van der Waals surface area contributed by atoms with Gasteiger partial charge in [0, 0.05) is 19.2 Å². The third-order valence-corrected chi connectivity index (χ3v) is 4.67. The van der Waals surface area contributed by atoms with Crippen molar-refractivity contribution in [2.24, 2.45) is 0 Å². The third-order valence-electron chi connectivity index (χ3n) is 4.67. The number of benzene rings is 2. The molecular weight excluding hydrogens is 326 g/mol. The number of esters is 1. The molecule has 0 saturated heterocycles. The molecule has 0 unspecified atom stereocenters. The first-order chi connectivity index (χ1) is 12.5. The fraction of sp³-hybridized carbons (Fsp3) is 0.273. The van der Waals surface area contributed by atoms with Crippen LogP contribution in [0.15, 0.2) is 54.6 Å². The van der Waals surface area contributed by atoms with Gasteiger partial charge in [-0.15, -0.1) is 0 Å². The number of carbonyl (C=O) groups excluding carboxylic acids is 2. The van der Waals surface area contributed by atoms with Gasteiger partial charge in [-0.3, -0.25) is 4.79 Å². The van der Waals surface area contributed by atoms with Gasteiger partial charge in [-0.2, -0.15) is 0 Å². The number of nitrogens with zero attached hydrogens (tertiary/aromatic N) is 1. The van der Waals surface area contributed by atoms with Crippen LogP contribution in [-0.2, 0) is 27.3 Å². The Bertz CT molecular complexity index is 841. The SMILES string of the molecule is Cc1ccccc1/C=C/C(=O)O[C@@H](C)C(=O)N1CCc2ccccc2C1. The number of fused-ring (bicyclic) bond motifs is 1. The molecule has 0 spiro atoms. The van der Waals surface area contributed by atoms with Crippen LogP contribution in [0, 0.1) is 6.92 Å². The topological polar surface area (TPSA) is 46.6 Å². The predicted molar refractivity (Wildman–Crippen MR) is 101 cm³/mol. The molecule has 1 aliphatic rings. The molecule has 0 bridgehead atoms. The summed E-state index contributed by atoms with van der Waals surface area (Å²) >= 11 is 0. The van der Waals surface area contributed by atoms with E-state index in [0.29, 0.717) is 13.1 Å². The molecule has 4 nitrogen and oxygen atoms in total. The molecule has 0 aromatic heterocycles. The van der Waals surface area contributed by atoms with Gasteiger partial charge in [-0.1, -0.05) is 48.5 Å². The van der Waals surface area contributed by atoms with Crippen LogP contribution in [0.25, 0.3) is 6.08 Å². The van der Waals surface area contributed by atoms with Gasteiger partial charge in [0.1, 0.15) is 0 Å². The average molecular weight is 349 g/mol. The molecule has 2 aromatic carbocycles. The van der Waals surface area contributed by atoms with E-state index in [-0.39, 0.29) is 5.91 Å². The molecule has 26 heavy (non-hydrogen) atoms. The molecule has 3 rings (SSSR count). The summed E-state index contributed by atoms with van der Waals surface area (Å²) < 4.78 is 5.30. The Hall–Kier alpha value is -2.88. The summed E-state index contributed by atoms with van der Waals surface area (Å²) in [5.41, 5.74) is 4.47. The number of ether oxygens (including phenoxy) is 1. The molecule has 0 aliphatic carbocycles. The van der Waals surface area contributed by atoms with Crippen LogP contribution in [0.4, 0.5) is 0 Å². The first-order valence-corrected chi connectivity index (χ1v) is 8.84. The standard InChI is InChI=1S/C22H23NO3/c1-16-7-3-4-8-18(16)11-12-21(24)26-17(2)22(25)23-14-13-19-9-5-6-10-20(19)15-23/h3-12,17H,13-15H2,1-2H3/b12-11+/t17-/m0/s1. The molecule has 0 radical (unpaired) electrons. The van der Waals surface area contributed by atoms with Crippen molar-refractivity contribution < 1.29 is 14.3 Å². The maximum Gasteiger partial charge on any atom is 0.331 e. The zero-order chi connectivity index (χ0) is 18.5. The molecule has 1 amide bonds. The van der Waals surface area contributed by atoms with Crippen molar-refractivity contribution in [2.75, 3.05) is 6.54 Å². The van der Waals surface area contributed by atoms with Crippen molar-refractivity contribution in [3.05, 3.63) is 76.9 Å². The number of amides is 1. The van der Waals surface area contributed by atoms with Gasteiger partial charge in [-0.25, -0.2) is 4.79 Å². The number of hydrogen-bond acceptors (Lipinski definition) is 3. The van der Waals surface area contributed by atoms with Crippen molar-refractivity contribution in [1.29, 1.82) is 0 Å². The van der Waals surface area contributed by atoms with Crippen molar-refractivity contribution in [3.8, 4) is 0 Å². The molecule has 4 heteroatoms. The van der Waals surface area contributed by atoms with Gasteiger partial charge in [-0.05, 0) is 48.6 Å². The largest absolute Gasteiger partial charge is 0.449 e. The molecule has 134 valence electrons. The van der Waals surface area contributed by atoms with Crippen molar-refractivity contribution in [1.82, 2.24) is 4.90 Å². The van der Waals surface area contributed by atoms with E-state index in [4.69, 9.17) is 4.74 Å². The Morgan fingerprint density at radius 2 is 1.77 bits per heavy atom. The van der Waals surface area contributed by atoms with Gasteiger partial charge in [0.05, 0.1) is 0 Å². The second-order valence-corrected chi connectivity index (χ2v) is 6.55. The lowest BCUT2D eigenvalue weighted by atomic mass is 9.99. The summed E-state index contributed by atoms with van der Waals surface area (Å²) in [7, 11) is 0. The highest BCUT2D eigenvalue weighted by Gasteiger charge is 2.26. The minimum atomic E-state index is -0.797. The zero-order valence-corrected chi connectivity index (χ0v) is 15.1. The molecular formula is C22H23NO3. The van der Waals surface area contributed by atoms with Gasteiger partial charge < -0.3 is 9.64 Å². The Labute approximate surface area is 154 Å². The van der Waals surface area contributed by atoms with Crippen molar-refractivity contribution in [2.45, 2.75) is 32.9 Å². The highest BCUT2D eigenvalue weighted by atomic mass is 16.5. The van der Waals surface area contributed by atoms with Crippen LogP contribution in [0.2, 0.25) is 0 Å². The lowest BCUT2D eigenvalue weighted by Crippen LogP contribution is -2.42. The Morgan fingerprint density at radius 3 is 2.54 bits per heavy atom. The molecule has 1 atom stereocenters. The summed E-state index contributed by atoms with van der Waals surface area (Å²) in [6.45, 7) is 4.82. The smallest absolute Gasteiger partial charge is 0.331 e. The minimum Gasteiger partial charge on any atom is -0.449 e. The van der Waals surface area contributed by atoms with Crippen LogP contribution < -0.4 is 0 Å². The Morgan fingerprint density at radius 1 is 1.08 bits per heavy atom. The van der Waals surface area contributed by atoms with E-state index in [1.807, 2.05) is 49.4 Å². The minimum absolute atomic E-state index is 0.155. The molecule has 0 N–H and O–H groups in total. The highest BCUT2D eigenvalue weighted by Crippen LogP contribution is 2.19. The third kappa shape index (κ3) is 4.20. The van der Waals surface area contributed by atoms with E-state index >= 15 is 0 Å². The van der Waals surface area contributed by atoms with Gasteiger partial charge in [0.2, 0.25) is 0 Å². The van der Waals surface area contributed by atoms with Crippen LogP contribution in [0.3, 0.4) is 0 Å². The number of rotatable bonds is 4. The first kappa shape index (κ1) is 17.9. The van der Waals surface area contributed by atoms with Gasteiger partial charge in [0.25, 0.3) is 5.91 Å². The predicted octanol–water partition coefficient (Wildman–Crippen LogP) is 3.52. The summed E-state index contributed by atoms with van der Waals surface area (Å²) in [5, 5.41) is 0. The summed E-state index contributed by atoms with van der Waals surface area (Å²) in [6.07, 6.45) is 3.12. The summed E-state index contributed by atoms with van der Waals surface area (Å²) in [4.78, 5) is 26.4. The summed E-state index contributed by atoms with van der Waals surface area (Å²) in [6, 6.07) is 15.9. The fourth-order valence-corrected chi connectivity index (χ4v) is 3.14. The Kier molecular flexibility index (Phi) is 5.52. The van der Waals surface area contributed by atoms with Gasteiger partial charge in [0.15, 0.2) is 6.10 Å². The summed E-state index contributed by atoms with van der Waals surface area (Å²) in [5.74, 6) is -0.663. The quantitative estimate of drug-likeness (QED) is 0.627. The van der Waals surface area contributed by atoms with Gasteiger partial charge >= 0.3 is 5.97 Å². The lowest BCUT2D eigenvalue weighted by Gasteiger charge is -2.30. The maximum absolute atomic E-state index is 12.6. The monoisotopic (exact) mass is 349 g/mol. The molecule has 0 saturated carbocycles. The van der Waals surface area contributed by atoms with E-state index in [9.17, 15) is 9.59 Å². The van der Waals surface area contributed by atoms with Crippen LogP contribution in [0.1, 0.15) is 29.2 Å². The van der Waals surface area contributed by atoms with Crippen LogP contribution >= 0.6 is 0 Å². The van der Waals surface area contributed by atoms with Crippen molar-refractivity contribution >= 4 is 18.0 Å². The number of carbonyl (C=O) groups is 2. The second kappa shape index (κ2) is 8.00. The average Bonchev–Trinajstić information content (AvgIpc) is 2.66. The van der Waals surface area contributed by atoms with E-state index in [1.165, 1.54) is 11.6 Å². The molecule has 2 aromatic rings. The molecule has 1 heterocycles. The maximum atomic E-state index is 12.6. The van der Waals surface area contributed by atoms with E-state index in [0.717, 1.165) is 23.1 Å². The zero-order valence-electron chi connectivity index (χ0n) is 15.1. The second-order valence-electron chi connectivity index (χ2n) is 6.55. The van der Waals surface area contributed by atoms with Crippen LogP contribution in [0.5, 0.6) is 0 Å². The first-order valence-electron chi connectivity index (χ1n) is 8.84. The molecule has 0 fully saturated rings. The normalized spacial score (nSPS) is 14.8. The molecule has 1 aliphatic heterocycles. The van der Waals surface area contributed by atoms with E-state index in [2.05, 4.69) is 6.07 Å². The Balaban J connectivity index is 1.58. The fourth-order valence-electron chi connectivity index (χ4n) is 3.14. The van der Waals surface area contributed by atoms with Crippen LogP contribution in [-0.4, -0.2) is 29.4 Å².